The van der Waals surface area contributed by atoms with Crippen molar-refractivity contribution in [3.63, 3.8) is 0 Å². The first kappa shape index (κ1) is 40.0. The first-order valence-electron chi connectivity index (χ1n) is 15.7. The van der Waals surface area contributed by atoms with Gasteiger partial charge in [-0.1, -0.05) is 92.2 Å². The molecule has 8 nitrogen and oxygen atoms in total. The predicted molar refractivity (Wildman–Crippen MR) is 199 cm³/mol. The molecule has 0 aliphatic carbocycles. The lowest BCUT2D eigenvalue weighted by Gasteiger charge is -2.19. The molecule has 2 aromatic heterocycles. The predicted octanol–water partition coefficient (Wildman–Crippen LogP) is 8.61. The molecule has 2 N–H and O–H groups in total. The van der Waals surface area contributed by atoms with Crippen LogP contribution in [-0.4, -0.2) is 41.4 Å². The number of hydrogen-bond donors (Lipinski definition) is 2. The van der Waals surface area contributed by atoms with Crippen molar-refractivity contribution in [2.45, 2.75) is 79.0 Å². The Kier molecular flexibility index (Phi) is 15.8. The minimum Gasteiger partial charge on any atom is -0.496 e. The molecule has 48 heavy (non-hydrogen) atoms. The SMILES string of the molecule is COc1c(C)c(C)nc(C(C)C)c1CBr.[C-]#[N+]c1ccc(B(O)O)cc1.[C-]#[N+]c1ccc(Cc2c(C(C)C)nc(C)c(C)c2OC)cc1. The molecule has 4 aromatic rings. The summed E-state index contributed by atoms with van der Waals surface area (Å²) in [4.78, 5) is 16.0. The van der Waals surface area contributed by atoms with E-state index in [9.17, 15) is 0 Å². The summed E-state index contributed by atoms with van der Waals surface area (Å²) in [5.41, 5.74) is 11.6. The van der Waals surface area contributed by atoms with Crippen molar-refractivity contribution in [1.82, 2.24) is 9.97 Å². The van der Waals surface area contributed by atoms with Crippen LogP contribution in [0.1, 0.15) is 90.1 Å². The summed E-state index contributed by atoms with van der Waals surface area (Å²) < 4.78 is 11.1. The van der Waals surface area contributed by atoms with Crippen molar-refractivity contribution < 1.29 is 19.5 Å². The summed E-state index contributed by atoms with van der Waals surface area (Å²) in [5.74, 6) is 2.67. The smallest absolute Gasteiger partial charge is 0.488 e. The van der Waals surface area contributed by atoms with Gasteiger partial charge < -0.3 is 19.5 Å². The van der Waals surface area contributed by atoms with Gasteiger partial charge in [-0.3, -0.25) is 9.97 Å². The number of alkyl halides is 1. The minimum absolute atomic E-state index is 0.339. The molecule has 0 saturated heterocycles. The van der Waals surface area contributed by atoms with Crippen LogP contribution < -0.4 is 14.9 Å². The van der Waals surface area contributed by atoms with Crippen molar-refractivity contribution in [3.05, 3.63) is 122 Å². The molecular weight excluding hydrogens is 667 g/mol. The van der Waals surface area contributed by atoms with Gasteiger partial charge in [0.25, 0.3) is 0 Å². The topological polar surface area (TPSA) is 93.4 Å². The number of rotatable bonds is 8. The molecule has 0 unspecified atom stereocenters. The summed E-state index contributed by atoms with van der Waals surface area (Å²) in [6.45, 7) is 30.4. The van der Waals surface area contributed by atoms with E-state index in [-0.39, 0.29) is 0 Å². The van der Waals surface area contributed by atoms with Crippen molar-refractivity contribution in [2.75, 3.05) is 14.2 Å². The number of nitrogens with zero attached hydrogens (tertiary/aromatic N) is 4. The normalized spacial score (nSPS) is 10.3. The zero-order valence-electron chi connectivity index (χ0n) is 29.6. The van der Waals surface area contributed by atoms with Crippen molar-refractivity contribution in [1.29, 1.82) is 0 Å². The van der Waals surface area contributed by atoms with E-state index in [2.05, 4.69) is 72.1 Å². The Hall–Kier alpha value is -4.22. The van der Waals surface area contributed by atoms with Crippen LogP contribution in [0.2, 0.25) is 0 Å². The molecule has 0 aliphatic heterocycles. The van der Waals surface area contributed by atoms with Crippen LogP contribution in [-0.2, 0) is 11.8 Å². The molecule has 2 aromatic carbocycles. The quantitative estimate of drug-likeness (QED) is 0.108. The highest BCUT2D eigenvalue weighted by Gasteiger charge is 2.19. The molecule has 252 valence electrons. The molecule has 10 heteroatoms. The molecular formula is C38H46BBrN4O4. The fourth-order valence-electron chi connectivity index (χ4n) is 5.10. The lowest BCUT2D eigenvalue weighted by atomic mass is 9.80. The zero-order valence-corrected chi connectivity index (χ0v) is 31.2. The number of hydrogen-bond acceptors (Lipinski definition) is 6. The molecule has 0 amide bonds. The van der Waals surface area contributed by atoms with Crippen LogP contribution in [0.5, 0.6) is 11.5 Å². The fraction of sp³-hybridized carbons (Fsp3) is 0.368. The molecule has 2 heterocycles. The molecule has 0 radical (unpaired) electrons. The van der Waals surface area contributed by atoms with E-state index < -0.39 is 7.12 Å². The number of benzene rings is 2. The number of ether oxygens (including phenoxy) is 2. The van der Waals surface area contributed by atoms with E-state index in [0.29, 0.717) is 28.7 Å². The molecule has 0 fully saturated rings. The Morgan fingerprint density at radius 3 is 1.46 bits per heavy atom. The average Bonchev–Trinajstić information content (AvgIpc) is 3.08. The Bertz CT molecular complexity index is 1740. The van der Waals surface area contributed by atoms with Gasteiger partial charge in [0.05, 0.1) is 38.8 Å². The van der Waals surface area contributed by atoms with Crippen molar-refractivity contribution in [2.24, 2.45) is 0 Å². The van der Waals surface area contributed by atoms with Crippen LogP contribution in [0.4, 0.5) is 11.4 Å². The molecule has 4 rings (SSSR count). The van der Waals surface area contributed by atoms with Gasteiger partial charge in [0, 0.05) is 45.4 Å². The first-order valence-corrected chi connectivity index (χ1v) is 16.8. The maximum Gasteiger partial charge on any atom is 0.488 e. The van der Waals surface area contributed by atoms with Gasteiger partial charge in [0.1, 0.15) is 11.5 Å². The number of aryl methyl sites for hydroxylation is 2. The highest BCUT2D eigenvalue weighted by atomic mass is 79.9. The van der Waals surface area contributed by atoms with E-state index in [1.54, 1.807) is 26.4 Å². The number of aromatic nitrogens is 2. The van der Waals surface area contributed by atoms with Crippen LogP contribution >= 0.6 is 15.9 Å². The Morgan fingerprint density at radius 2 is 1.10 bits per heavy atom. The standard InChI is InChI=1S/C19H22N2O.C12H18BrNO.C7H6BNO2/c1-12(2)18-17(19(22-6)13(3)14(4)21-18)11-15-7-9-16(20-5)10-8-15;1-7(2)11-10(6-13)12(15-5)8(3)9(4)14-11;1-9-7-4-2-6(3-5-7)8(10)11/h7-10,12H,11H2,1-4,6H3;7H,6H2,1-5H3;2-5,10-11H. The Labute approximate surface area is 295 Å². The van der Waals surface area contributed by atoms with E-state index in [1.165, 1.54) is 17.7 Å². The van der Waals surface area contributed by atoms with Crippen molar-refractivity contribution in [3.8, 4) is 11.5 Å². The zero-order chi connectivity index (χ0) is 36.1. The van der Waals surface area contributed by atoms with Gasteiger partial charge in [0.15, 0.2) is 11.4 Å². The van der Waals surface area contributed by atoms with Crippen LogP contribution in [0.25, 0.3) is 9.69 Å². The van der Waals surface area contributed by atoms with Gasteiger partial charge in [-0.15, -0.1) is 0 Å². The van der Waals surface area contributed by atoms with Gasteiger partial charge in [0.2, 0.25) is 0 Å². The number of pyridine rings is 2. The average molecular weight is 714 g/mol. The second kappa shape index (κ2) is 19.0. The second-order valence-corrected chi connectivity index (χ2v) is 12.5. The fourth-order valence-corrected chi connectivity index (χ4v) is 5.64. The van der Waals surface area contributed by atoms with Gasteiger partial charge in [-0.25, -0.2) is 9.69 Å². The van der Waals surface area contributed by atoms with E-state index in [4.69, 9.17) is 37.7 Å². The third-order valence-corrected chi connectivity index (χ3v) is 8.47. The third kappa shape index (κ3) is 10.4. The number of methoxy groups -OCH3 is 2. The summed E-state index contributed by atoms with van der Waals surface area (Å²) in [5, 5.41) is 18.1. The van der Waals surface area contributed by atoms with Crippen LogP contribution in [0, 0.1) is 40.8 Å². The summed E-state index contributed by atoms with van der Waals surface area (Å²) in [6, 6.07) is 13.8. The molecule has 0 saturated carbocycles. The van der Waals surface area contributed by atoms with Gasteiger partial charge in [-0.05, 0) is 50.6 Å². The monoisotopic (exact) mass is 712 g/mol. The largest absolute Gasteiger partial charge is 0.496 e. The van der Waals surface area contributed by atoms with E-state index >= 15 is 0 Å². The van der Waals surface area contributed by atoms with Gasteiger partial charge in [-0.2, -0.15) is 0 Å². The maximum atomic E-state index is 8.67. The highest BCUT2D eigenvalue weighted by molar-refractivity contribution is 9.08. The van der Waals surface area contributed by atoms with Crippen molar-refractivity contribution >= 4 is 39.9 Å². The van der Waals surface area contributed by atoms with Crippen LogP contribution in [0.15, 0.2) is 48.5 Å². The molecule has 0 aliphatic rings. The lowest BCUT2D eigenvalue weighted by molar-refractivity contribution is 0.404. The van der Waals surface area contributed by atoms with E-state index in [1.807, 2.05) is 38.1 Å². The Balaban J connectivity index is 0.000000267. The Morgan fingerprint density at radius 1 is 0.708 bits per heavy atom. The number of halogens is 1. The highest BCUT2D eigenvalue weighted by Crippen LogP contribution is 2.34. The third-order valence-electron chi connectivity index (χ3n) is 7.91. The molecule has 0 bridgehead atoms. The first-order chi connectivity index (χ1) is 22.7. The van der Waals surface area contributed by atoms with Gasteiger partial charge >= 0.3 is 7.12 Å². The van der Waals surface area contributed by atoms with E-state index in [0.717, 1.165) is 68.3 Å². The minimum atomic E-state index is -1.45. The molecule has 0 spiro atoms. The summed E-state index contributed by atoms with van der Waals surface area (Å²) in [7, 11) is 1.99. The van der Waals surface area contributed by atoms with Crippen LogP contribution in [0.3, 0.4) is 0 Å². The second-order valence-electron chi connectivity index (χ2n) is 11.9. The summed E-state index contributed by atoms with van der Waals surface area (Å²) >= 11 is 3.51. The molecule has 0 atom stereocenters. The lowest BCUT2D eigenvalue weighted by Crippen LogP contribution is -2.29. The maximum absolute atomic E-state index is 8.67. The summed E-state index contributed by atoms with van der Waals surface area (Å²) in [6.07, 6.45) is 0.767.